The Hall–Kier alpha value is -2.67. The Morgan fingerprint density at radius 2 is 1.89 bits per heavy atom. The lowest BCUT2D eigenvalue weighted by Gasteiger charge is -2.37. The zero-order valence-electron chi connectivity index (χ0n) is 16.6. The Morgan fingerprint density at radius 3 is 2.50 bits per heavy atom. The van der Waals surface area contributed by atoms with Gasteiger partial charge in [0.1, 0.15) is 12.1 Å². The zero-order valence-corrected chi connectivity index (χ0v) is 16.6. The minimum atomic E-state index is -0.996. The first-order valence-electron chi connectivity index (χ1n) is 9.49. The largest absolute Gasteiger partial charge is 0.467 e. The van der Waals surface area contributed by atoms with Gasteiger partial charge in [-0.05, 0) is 38.7 Å². The second-order valence-electron chi connectivity index (χ2n) is 7.25. The summed E-state index contributed by atoms with van der Waals surface area (Å²) >= 11 is 0. The number of rotatable bonds is 6. The smallest absolute Gasteiger partial charge is 0.331 e. The maximum absolute atomic E-state index is 12.7. The quantitative estimate of drug-likeness (QED) is 0.773. The molecule has 1 fully saturated rings. The number of nitrogens with one attached hydrogen (secondary N) is 1. The van der Waals surface area contributed by atoms with E-state index in [9.17, 15) is 9.59 Å². The van der Waals surface area contributed by atoms with Crippen molar-refractivity contribution in [1.29, 1.82) is 0 Å². The molecule has 1 saturated carbocycles. The van der Waals surface area contributed by atoms with Gasteiger partial charge < -0.3 is 14.8 Å². The summed E-state index contributed by atoms with van der Waals surface area (Å²) in [7, 11) is 3.02. The van der Waals surface area contributed by atoms with Gasteiger partial charge in [-0.25, -0.2) is 4.79 Å². The SMILES string of the molecule is COC(=O)C1(NC(=O)Cn2nc(-c3ccccc3)cc2C)CCC(OC)CC1. The van der Waals surface area contributed by atoms with Crippen LogP contribution in [0.1, 0.15) is 31.4 Å². The summed E-state index contributed by atoms with van der Waals surface area (Å²) in [6, 6.07) is 11.8. The van der Waals surface area contributed by atoms with Crippen molar-refractivity contribution >= 4 is 11.9 Å². The molecule has 1 aliphatic carbocycles. The van der Waals surface area contributed by atoms with Crippen LogP contribution in [0.15, 0.2) is 36.4 Å². The molecule has 3 rings (SSSR count). The van der Waals surface area contributed by atoms with E-state index in [1.54, 1.807) is 11.8 Å². The standard InChI is InChI=1S/C21H27N3O4/c1-15-13-18(16-7-5-4-6-8-16)23-24(15)14-19(25)22-21(20(26)28-3)11-9-17(27-2)10-12-21/h4-8,13,17H,9-12,14H2,1-3H3,(H,22,25). The number of carbonyl (C=O) groups is 2. The van der Waals surface area contributed by atoms with Crippen molar-refractivity contribution < 1.29 is 19.1 Å². The summed E-state index contributed by atoms with van der Waals surface area (Å²) in [6.45, 7) is 1.96. The Kier molecular flexibility index (Phi) is 6.14. The van der Waals surface area contributed by atoms with E-state index >= 15 is 0 Å². The Labute approximate surface area is 165 Å². The predicted molar refractivity (Wildman–Crippen MR) is 105 cm³/mol. The Morgan fingerprint density at radius 1 is 1.21 bits per heavy atom. The van der Waals surface area contributed by atoms with Gasteiger partial charge in [-0.3, -0.25) is 9.48 Å². The van der Waals surface area contributed by atoms with Crippen molar-refractivity contribution in [1.82, 2.24) is 15.1 Å². The van der Waals surface area contributed by atoms with Gasteiger partial charge in [-0.15, -0.1) is 0 Å². The monoisotopic (exact) mass is 385 g/mol. The topological polar surface area (TPSA) is 82.5 Å². The third kappa shape index (κ3) is 4.25. The van der Waals surface area contributed by atoms with E-state index < -0.39 is 11.5 Å². The molecule has 0 aliphatic heterocycles. The number of esters is 1. The second kappa shape index (κ2) is 8.56. The number of aromatic nitrogens is 2. The van der Waals surface area contributed by atoms with Crippen LogP contribution in [0.5, 0.6) is 0 Å². The van der Waals surface area contributed by atoms with Gasteiger partial charge in [0.05, 0.1) is 18.9 Å². The number of nitrogens with zero attached hydrogens (tertiary/aromatic N) is 2. The van der Waals surface area contributed by atoms with Gasteiger partial charge in [0.2, 0.25) is 5.91 Å². The molecular formula is C21H27N3O4. The highest BCUT2D eigenvalue weighted by Gasteiger charge is 2.44. The third-order valence-corrected chi connectivity index (χ3v) is 5.42. The molecule has 1 amide bonds. The molecule has 0 radical (unpaired) electrons. The van der Waals surface area contributed by atoms with E-state index in [1.807, 2.05) is 43.3 Å². The van der Waals surface area contributed by atoms with E-state index in [0.29, 0.717) is 25.7 Å². The summed E-state index contributed by atoms with van der Waals surface area (Å²) in [5.74, 6) is -0.662. The van der Waals surface area contributed by atoms with Gasteiger partial charge in [-0.1, -0.05) is 30.3 Å². The molecule has 1 aliphatic rings. The van der Waals surface area contributed by atoms with E-state index in [2.05, 4.69) is 10.4 Å². The van der Waals surface area contributed by atoms with Gasteiger partial charge >= 0.3 is 5.97 Å². The molecule has 0 unspecified atom stereocenters. The van der Waals surface area contributed by atoms with Crippen LogP contribution >= 0.6 is 0 Å². The van der Waals surface area contributed by atoms with Crippen LogP contribution < -0.4 is 5.32 Å². The highest BCUT2D eigenvalue weighted by atomic mass is 16.5. The van der Waals surface area contributed by atoms with Crippen LogP contribution in [-0.4, -0.2) is 47.5 Å². The number of carbonyl (C=O) groups excluding carboxylic acids is 2. The summed E-state index contributed by atoms with van der Waals surface area (Å²) in [6.07, 6.45) is 2.50. The summed E-state index contributed by atoms with van der Waals surface area (Å²) in [5.41, 5.74) is 1.69. The number of amides is 1. The molecule has 1 N–H and O–H groups in total. The van der Waals surface area contributed by atoms with Crippen molar-refractivity contribution in [2.24, 2.45) is 0 Å². The van der Waals surface area contributed by atoms with Crippen LogP contribution in [0.2, 0.25) is 0 Å². The lowest BCUT2D eigenvalue weighted by molar-refractivity contribution is -0.154. The van der Waals surface area contributed by atoms with Crippen LogP contribution in [0, 0.1) is 6.92 Å². The first kappa shape index (κ1) is 20.1. The fourth-order valence-corrected chi connectivity index (χ4v) is 3.76. The third-order valence-electron chi connectivity index (χ3n) is 5.42. The molecule has 28 heavy (non-hydrogen) atoms. The summed E-state index contributed by atoms with van der Waals surface area (Å²) in [5, 5.41) is 7.47. The molecule has 150 valence electrons. The lowest BCUT2D eigenvalue weighted by atomic mass is 9.80. The summed E-state index contributed by atoms with van der Waals surface area (Å²) in [4.78, 5) is 25.2. The second-order valence-corrected chi connectivity index (χ2v) is 7.25. The van der Waals surface area contributed by atoms with Crippen molar-refractivity contribution in [3.8, 4) is 11.3 Å². The van der Waals surface area contributed by atoms with Crippen molar-refractivity contribution in [2.45, 2.75) is 50.8 Å². The molecule has 1 heterocycles. The van der Waals surface area contributed by atoms with E-state index in [-0.39, 0.29) is 18.6 Å². The minimum Gasteiger partial charge on any atom is -0.467 e. The van der Waals surface area contributed by atoms with Gasteiger partial charge in [0.25, 0.3) is 0 Å². The molecule has 0 spiro atoms. The number of ether oxygens (including phenoxy) is 2. The number of methoxy groups -OCH3 is 2. The predicted octanol–water partition coefficient (Wildman–Crippen LogP) is 2.48. The van der Waals surface area contributed by atoms with Crippen LogP contribution in [0.3, 0.4) is 0 Å². The Balaban J connectivity index is 1.72. The van der Waals surface area contributed by atoms with E-state index in [4.69, 9.17) is 9.47 Å². The fourth-order valence-electron chi connectivity index (χ4n) is 3.76. The maximum atomic E-state index is 12.7. The zero-order chi connectivity index (χ0) is 20.1. The molecular weight excluding hydrogens is 358 g/mol. The normalized spacial score (nSPS) is 21.9. The number of benzene rings is 1. The van der Waals surface area contributed by atoms with Gasteiger partial charge in [0.15, 0.2) is 0 Å². The van der Waals surface area contributed by atoms with Crippen molar-refractivity contribution in [3.63, 3.8) is 0 Å². The molecule has 0 atom stereocenters. The number of hydrogen-bond acceptors (Lipinski definition) is 5. The lowest BCUT2D eigenvalue weighted by Crippen LogP contribution is -2.58. The van der Waals surface area contributed by atoms with E-state index in [1.165, 1.54) is 7.11 Å². The Bertz CT molecular complexity index is 823. The molecule has 1 aromatic heterocycles. The minimum absolute atomic E-state index is 0.0467. The molecule has 7 heteroatoms. The van der Waals surface area contributed by atoms with Crippen LogP contribution in [0.25, 0.3) is 11.3 Å². The molecule has 0 bridgehead atoms. The van der Waals surface area contributed by atoms with Crippen molar-refractivity contribution in [2.75, 3.05) is 14.2 Å². The molecule has 7 nitrogen and oxygen atoms in total. The van der Waals surface area contributed by atoms with Crippen molar-refractivity contribution in [3.05, 3.63) is 42.1 Å². The molecule has 0 saturated heterocycles. The fraction of sp³-hybridized carbons (Fsp3) is 0.476. The highest BCUT2D eigenvalue weighted by molar-refractivity contribution is 5.88. The molecule has 1 aromatic carbocycles. The maximum Gasteiger partial charge on any atom is 0.331 e. The van der Waals surface area contributed by atoms with Crippen LogP contribution in [-0.2, 0) is 25.6 Å². The first-order valence-corrected chi connectivity index (χ1v) is 9.49. The first-order chi connectivity index (χ1) is 13.5. The molecule has 2 aromatic rings. The van der Waals surface area contributed by atoms with Gasteiger partial charge in [-0.2, -0.15) is 5.10 Å². The van der Waals surface area contributed by atoms with E-state index in [0.717, 1.165) is 17.0 Å². The van der Waals surface area contributed by atoms with Gasteiger partial charge in [0, 0.05) is 18.4 Å². The average Bonchev–Trinajstić information content (AvgIpc) is 3.08. The number of hydrogen-bond donors (Lipinski definition) is 1. The highest BCUT2D eigenvalue weighted by Crippen LogP contribution is 2.31. The van der Waals surface area contributed by atoms with Crippen LogP contribution in [0.4, 0.5) is 0 Å². The summed E-state index contributed by atoms with van der Waals surface area (Å²) < 4.78 is 12.0. The average molecular weight is 385 g/mol. The number of aryl methyl sites for hydroxylation is 1.